The normalized spacial score (nSPS) is 38.1. The molecule has 0 aliphatic carbocycles. The summed E-state index contributed by atoms with van der Waals surface area (Å²) in [6.07, 6.45) is 0.0416. The molecule has 2 aliphatic heterocycles. The first-order valence-corrected chi connectivity index (χ1v) is 5.81. The van der Waals surface area contributed by atoms with Crippen molar-refractivity contribution in [2.75, 3.05) is 6.61 Å². The predicted octanol–water partition coefficient (Wildman–Crippen LogP) is 2.91. The summed E-state index contributed by atoms with van der Waals surface area (Å²) in [4.78, 5) is 4.57. The Hall–Kier alpha value is -0.670. The molecule has 0 spiro atoms. The van der Waals surface area contributed by atoms with Gasteiger partial charge < -0.3 is 9.47 Å². The van der Waals surface area contributed by atoms with Crippen LogP contribution in [0.1, 0.15) is 41.5 Å². The van der Waals surface area contributed by atoms with Crippen LogP contribution in [0.15, 0.2) is 16.3 Å². The molecule has 0 amide bonds. The second kappa shape index (κ2) is 3.41. The Bertz CT molecular complexity index is 381. The van der Waals surface area contributed by atoms with Gasteiger partial charge in [0.05, 0.1) is 6.61 Å². The fourth-order valence-electron chi connectivity index (χ4n) is 2.52. The number of rotatable bonds is 0. The molecule has 0 radical (unpaired) electrons. The molecule has 2 heterocycles. The van der Waals surface area contributed by atoms with Crippen LogP contribution >= 0.6 is 0 Å². The standard InChI is InChI=1S/C13H21NO2/c1-8-9(2)14-10(3)11-13(8,6)7-15-12(4,5)16-11/h11H,7H2,1-6H3. The van der Waals surface area contributed by atoms with Crippen molar-refractivity contribution in [2.45, 2.75) is 53.4 Å². The van der Waals surface area contributed by atoms with E-state index < -0.39 is 5.79 Å². The molecule has 0 saturated carbocycles. The van der Waals surface area contributed by atoms with Crippen molar-refractivity contribution in [3.8, 4) is 0 Å². The largest absolute Gasteiger partial charge is 0.349 e. The second-order valence-corrected chi connectivity index (χ2v) is 5.57. The van der Waals surface area contributed by atoms with Crippen molar-refractivity contribution in [3.63, 3.8) is 0 Å². The Kier molecular flexibility index (Phi) is 2.52. The minimum atomic E-state index is -0.507. The lowest BCUT2D eigenvalue weighted by Crippen LogP contribution is -2.56. The average Bonchev–Trinajstić information content (AvgIpc) is 2.18. The van der Waals surface area contributed by atoms with Crippen molar-refractivity contribution in [2.24, 2.45) is 10.4 Å². The number of ether oxygens (including phenoxy) is 2. The molecular weight excluding hydrogens is 202 g/mol. The van der Waals surface area contributed by atoms with Crippen molar-refractivity contribution in [1.82, 2.24) is 0 Å². The highest BCUT2D eigenvalue weighted by Gasteiger charge is 2.49. The molecule has 0 aromatic heterocycles. The van der Waals surface area contributed by atoms with E-state index in [0.29, 0.717) is 6.61 Å². The average molecular weight is 223 g/mol. The Balaban J connectivity index is 2.42. The summed E-state index contributed by atoms with van der Waals surface area (Å²) in [5.41, 5.74) is 3.37. The van der Waals surface area contributed by atoms with E-state index in [4.69, 9.17) is 9.47 Å². The van der Waals surface area contributed by atoms with E-state index in [1.54, 1.807) is 0 Å². The van der Waals surface area contributed by atoms with Crippen molar-refractivity contribution in [1.29, 1.82) is 0 Å². The van der Waals surface area contributed by atoms with Crippen LogP contribution in [0.5, 0.6) is 0 Å². The zero-order valence-electron chi connectivity index (χ0n) is 11.0. The maximum absolute atomic E-state index is 6.02. The van der Waals surface area contributed by atoms with Gasteiger partial charge in [-0.1, -0.05) is 6.92 Å². The minimum Gasteiger partial charge on any atom is -0.349 e. The second-order valence-electron chi connectivity index (χ2n) is 5.57. The molecule has 0 bridgehead atoms. The van der Waals surface area contributed by atoms with E-state index in [-0.39, 0.29) is 11.5 Å². The number of hydrogen-bond acceptors (Lipinski definition) is 3. The Morgan fingerprint density at radius 3 is 2.44 bits per heavy atom. The van der Waals surface area contributed by atoms with Gasteiger partial charge in [-0.15, -0.1) is 0 Å². The molecule has 2 aliphatic rings. The van der Waals surface area contributed by atoms with Crippen molar-refractivity contribution in [3.05, 3.63) is 11.3 Å². The molecular formula is C13H21NO2. The highest BCUT2D eigenvalue weighted by molar-refractivity contribution is 5.90. The fraction of sp³-hybridized carbons (Fsp3) is 0.769. The number of nitrogens with zero attached hydrogens (tertiary/aromatic N) is 1. The van der Waals surface area contributed by atoms with Gasteiger partial charge in [0.25, 0.3) is 0 Å². The van der Waals surface area contributed by atoms with Gasteiger partial charge in [0.2, 0.25) is 0 Å². The van der Waals surface area contributed by atoms with Gasteiger partial charge in [-0.3, -0.25) is 4.99 Å². The first-order chi connectivity index (χ1) is 7.26. The third-order valence-corrected chi connectivity index (χ3v) is 3.82. The third kappa shape index (κ3) is 1.62. The van der Waals surface area contributed by atoms with Gasteiger partial charge in [-0.25, -0.2) is 0 Å². The van der Waals surface area contributed by atoms with Gasteiger partial charge in [0.1, 0.15) is 6.10 Å². The number of hydrogen-bond donors (Lipinski definition) is 0. The maximum atomic E-state index is 6.02. The molecule has 1 saturated heterocycles. The summed E-state index contributed by atoms with van der Waals surface area (Å²) in [5, 5.41) is 0. The first-order valence-electron chi connectivity index (χ1n) is 5.81. The number of fused-ring (bicyclic) bond motifs is 1. The van der Waals surface area contributed by atoms with E-state index in [0.717, 1.165) is 11.4 Å². The van der Waals surface area contributed by atoms with E-state index in [1.165, 1.54) is 5.57 Å². The molecule has 3 nitrogen and oxygen atoms in total. The summed E-state index contributed by atoms with van der Waals surface area (Å²) in [5.74, 6) is -0.507. The monoisotopic (exact) mass is 223 g/mol. The molecule has 0 aromatic carbocycles. The van der Waals surface area contributed by atoms with Crippen LogP contribution in [0.2, 0.25) is 0 Å². The topological polar surface area (TPSA) is 30.8 Å². The number of aliphatic imine (C=N–C) groups is 1. The highest BCUT2D eigenvalue weighted by Crippen LogP contribution is 2.44. The highest BCUT2D eigenvalue weighted by atomic mass is 16.7. The molecule has 1 fully saturated rings. The minimum absolute atomic E-state index is 0.0416. The van der Waals surface area contributed by atoms with Gasteiger partial charge in [-0.2, -0.15) is 0 Å². The maximum Gasteiger partial charge on any atom is 0.163 e. The SMILES string of the molecule is CC1=NC(C)=C(C)C2(C)COC(C)(C)OC12. The lowest BCUT2D eigenvalue weighted by Gasteiger charge is -2.49. The van der Waals surface area contributed by atoms with Crippen LogP contribution in [-0.4, -0.2) is 24.2 Å². The van der Waals surface area contributed by atoms with Gasteiger partial charge >= 0.3 is 0 Å². The molecule has 3 heteroatoms. The Morgan fingerprint density at radius 1 is 1.19 bits per heavy atom. The Morgan fingerprint density at radius 2 is 1.81 bits per heavy atom. The van der Waals surface area contributed by atoms with E-state index >= 15 is 0 Å². The first kappa shape index (κ1) is 11.8. The molecule has 0 aromatic rings. The summed E-state index contributed by atoms with van der Waals surface area (Å²) in [7, 11) is 0. The summed E-state index contributed by atoms with van der Waals surface area (Å²) in [6, 6.07) is 0. The van der Waals surface area contributed by atoms with Crippen LogP contribution in [0.25, 0.3) is 0 Å². The lowest BCUT2D eigenvalue weighted by molar-refractivity contribution is -0.292. The quantitative estimate of drug-likeness (QED) is 0.632. The summed E-state index contributed by atoms with van der Waals surface area (Å²) in [6.45, 7) is 13.0. The van der Waals surface area contributed by atoms with Gasteiger partial charge in [0.15, 0.2) is 5.79 Å². The van der Waals surface area contributed by atoms with Crippen LogP contribution in [0.4, 0.5) is 0 Å². The van der Waals surface area contributed by atoms with Gasteiger partial charge in [0, 0.05) is 16.8 Å². The fourth-order valence-corrected chi connectivity index (χ4v) is 2.52. The summed E-state index contributed by atoms with van der Waals surface area (Å²) >= 11 is 0. The smallest absolute Gasteiger partial charge is 0.163 e. The predicted molar refractivity (Wildman–Crippen MR) is 64.5 cm³/mol. The third-order valence-electron chi connectivity index (χ3n) is 3.82. The molecule has 0 N–H and O–H groups in total. The van der Waals surface area contributed by atoms with Gasteiger partial charge in [-0.05, 0) is 40.2 Å². The van der Waals surface area contributed by atoms with Crippen molar-refractivity contribution >= 4 is 5.71 Å². The molecule has 2 atom stereocenters. The van der Waals surface area contributed by atoms with E-state index in [2.05, 4.69) is 25.8 Å². The Labute approximate surface area is 97.5 Å². The molecule has 2 unspecified atom stereocenters. The summed E-state index contributed by atoms with van der Waals surface area (Å²) < 4.78 is 11.8. The van der Waals surface area contributed by atoms with Crippen LogP contribution in [-0.2, 0) is 9.47 Å². The molecule has 16 heavy (non-hydrogen) atoms. The zero-order valence-corrected chi connectivity index (χ0v) is 11.0. The van der Waals surface area contributed by atoms with E-state index in [9.17, 15) is 0 Å². The molecule has 90 valence electrons. The zero-order chi connectivity index (χ0) is 12.1. The van der Waals surface area contributed by atoms with E-state index in [1.807, 2.05) is 20.8 Å². The molecule has 2 rings (SSSR count). The number of allylic oxidation sites excluding steroid dienone is 1. The van der Waals surface area contributed by atoms with Crippen LogP contribution in [0, 0.1) is 5.41 Å². The van der Waals surface area contributed by atoms with Crippen LogP contribution in [0.3, 0.4) is 0 Å². The van der Waals surface area contributed by atoms with Crippen LogP contribution < -0.4 is 0 Å². The lowest BCUT2D eigenvalue weighted by atomic mass is 9.73. The van der Waals surface area contributed by atoms with Crippen molar-refractivity contribution < 1.29 is 9.47 Å².